The molecule has 238 valence electrons. The summed E-state index contributed by atoms with van der Waals surface area (Å²) < 4.78 is 1.75. The third-order valence-electron chi connectivity index (χ3n) is 9.02. The van der Waals surface area contributed by atoms with Crippen molar-refractivity contribution in [3.05, 3.63) is 150 Å². The van der Waals surface area contributed by atoms with Crippen molar-refractivity contribution < 1.29 is 15.0 Å². The van der Waals surface area contributed by atoms with Gasteiger partial charge in [0, 0.05) is 18.5 Å². The fourth-order valence-corrected chi connectivity index (χ4v) is 6.63. The molecule has 2 amide bonds. The van der Waals surface area contributed by atoms with Crippen LogP contribution in [0.15, 0.2) is 122 Å². The molecule has 4 aromatic carbocycles. The molecule has 1 aliphatic heterocycles. The molecule has 1 saturated heterocycles. The summed E-state index contributed by atoms with van der Waals surface area (Å²) in [5.41, 5.74) is 5.69. The van der Waals surface area contributed by atoms with Crippen LogP contribution in [-0.4, -0.2) is 75.3 Å². The van der Waals surface area contributed by atoms with Gasteiger partial charge in [-0.25, -0.2) is 14.5 Å². The summed E-state index contributed by atoms with van der Waals surface area (Å²) in [5.74, 6) is 0. The second kappa shape index (κ2) is 13.6. The molecule has 0 saturated carbocycles. The Hall–Kier alpha value is -5.32. The minimum atomic E-state index is -1.20. The number of hydrogen-bond donors (Lipinski definition) is 3. The van der Waals surface area contributed by atoms with Crippen molar-refractivity contribution in [3.63, 3.8) is 0 Å². The first kappa shape index (κ1) is 30.3. The van der Waals surface area contributed by atoms with Crippen molar-refractivity contribution in [1.82, 2.24) is 34.8 Å². The highest BCUT2D eigenvalue weighted by Gasteiger charge is 2.46. The molecule has 3 N–H and O–H groups in total. The Balaban J connectivity index is 1.28. The zero-order chi connectivity index (χ0) is 32.2. The molecule has 6 aromatic rings. The van der Waals surface area contributed by atoms with E-state index in [1.54, 1.807) is 27.0 Å². The lowest BCUT2D eigenvalue weighted by atomic mass is 9.91. The molecule has 0 radical (unpaired) electrons. The number of aromatic nitrogens is 5. The number of hydrogen-bond acceptors (Lipinski definition) is 6. The highest BCUT2D eigenvalue weighted by molar-refractivity contribution is 5.79. The van der Waals surface area contributed by atoms with Crippen molar-refractivity contribution >= 4 is 16.9 Å². The lowest BCUT2D eigenvalue weighted by Crippen LogP contribution is -2.50. The standard InChI is InChI=1S/C37H37N7O3/c45-35-33(18-26-8-3-1-4-9-26)43(22-29-13-7-12-28(16-29)21-42-25-38-24-40-42)37(47)44(23-30-14-15-32-31(17-30)20-39-41-32)34(36(35)46)19-27-10-5-2-6-11-27/h1-17,20,24-25,33-36,45-46H,18-19,21-23H2,(H,39,41)/t33-,34-,35+,36+/m1/s1. The molecule has 0 aliphatic carbocycles. The van der Waals surface area contributed by atoms with Crippen LogP contribution >= 0.6 is 0 Å². The van der Waals surface area contributed by atoms with Crippen LogP contribution in [0.4, 0.5) is 4.79 Å². The van der Waals surface area contributed by atoms with Gasteiger partial charge < -0.3 is 20.0 Å². The summed E-state index contributed by atoms with van der Waals surface area (Å²) in [6, 6.07) is 32.0. The summed E-state index contributed by atoms with van der Waals surface area (Å²) in [5, 5.41) is 36.3. The molecular weight excluding hydrogens is 590 g/mol. The monoisotopic (exact) mass is 627 g/mol. The molecule has 47 heavy (non-hydrogen) atoms. The highest BCUT2D eigenvalue weighted by Crippen LogP contribution is 2.30. The fraction of sp³-hybridized carbons (Fsp3) is 0.243. The van der Waals surface area contributed by atoms with E-state index in [4.69, 9.17) is 0 Å². The Morgan fingerprint density at radius 1 is 0.660 bits per heavy atom. The van der Waals surface area contributed by atoms with E-state index >= 15 is 0 Å². The van der Waals surface area contributed by atoms with Crippen molar-refractivity contribution in [2.75, 3.05) is 0 Å². The maximum Gasteiger partial charge on any atom is 0.321 e. The molecule has 3 heterocycles. The first-order chi connectivity index (χ1) is 23.0. The van der Waals surface area contributed by atoms with Gasteiger partial charge in [-0.2, -0.15) is 10.2 Å². The van der Waals surface area contributed by atoms with E-state index in [1.165, 1.54) is 6.33 Å². The first-order valence-electron chi connectivity index (χ1n) is 15.9. The number of aromatic amines is 1. The molecule has 1 aliphatic rings. The molecule has 1 fully saturated rings. The third-order valence-corrected chi connectivity index (χ3v) is 9.02. The second-order valence-electron chi connectivity index (χ2n) is 12.2. The number of fused-ring (bicyclic) bond motifs is 1. The number of aliphatic hydroxyl groups is 2. The summed E-state index contributed by atoms with van der Waals surface area (Å²) in [6.45, 7) is 1.04. The Labute approximate surface area is 272 Å². The number of amides is 2. The van der Waals surface area contributed by atoms with Crippen LogP contribution < -0.4 is 0 Å². The van der Waals surface area contributed by atoms with E-state index < -0.39 is 24.3 Å². The molecule has 2 aromatic heterocycles. The number of carbonyl (C=O) groups is 1. The van der Waals surface area contributed by atoms with Crippen LogP contribution in [0.2, 0.25) is 0 Å². The fourth-order valence-electron chi connectivity index (χ4n) is 6.63. The predicted molar refractivity (Wildman–Crippen MR) is 178 cm³/mol. The van der Waals surface area contributed by atoms with E-state index in [2.05, 4.69) is 26.3 Å². The van der Waals surface area contributed by atoms with Gasteiger partial charge in [-0.1, -0.05) is 91.0 Å². The summed E-state index contributed by atoms with van der Waals surface area (Å²) >= 11 is 0. The Kier molecular flexibility index (Phi) is 8.77. The Morgan fingerprint density at radius 2 is 1.23 bits per heavy atom. The number of H-pyrrole nitrogens is 1. The predicted octanol–water partition coefficient (Wildman–Crippen LogP) is 4.58. The molecular formula is C37H37N7O3. The minimum Gasteiger partial charge on any atom is -0.388 e. The van der Waals surface area contributed by atoms with Crippen LogP contribution in [0.3, 0.4) is 0 Å². The van der Waals surface area contributed by atoms with Gasteiger partial charge in [0.2, 0.25) is 0 Å². The number of urea groups is 1. The number of carbonyl (C=O) groups excluding carboxylic acids is 1. The Morgan fingerprint density at radius 3 is 1.83 bits per heavy atom. The van der Waals surface area contributed by atoms with Crippen molar-refractivity contribution in [1.29, 1.82) is 0 Å². The second-order valence-corrected chi connectivity index (χ2v) is 12.2. The molecule has 0 bridgehead atoms. The average molecular weight is 628 g/mol. The van der Waals surface area contributed by atoms with Gasteiger partial charge >= 0.3 is 6.03 Å². The van der Waals surface area contributed by atoms with Crippen molar-refractivity contribution in [3.8, 4) is 0 Å². The number of rotatable bonds is 10. The minimum absolute atomic E-state index is 0.239. The van der Waals surface area contributed by atoms with Gasteiger partial charge in [0.25, 0.3) is 0 Å². The zero-order valence-electron chi connectivity index (χ0n) is 25.9. The number of nitrogens with one attached hydrogen (secondary N) is 1. The highest BCUT2D eigenvalue weighted by atomic mass is 16.3. The van der Waals surface area contributed by atoms with Crippen LogP contribution in [-0.2, 0) is 32.5 Å². The quantitative estimate of drug-likeness (QED) is 0.204. The van der Waals surface area contributed by atoms with Gasteiger partial charge in [0.15, 0.2) is 0 Å². The summed E-state index contributed by atoms with van der Waals surface area (Å²) in [6.07, 6.45) is 3.31. The lowest BCUT2D eigenvalue weighted by Gasteiger charge is -2.36. The molecule has 4 atom stereocenters. The van der Waals surface area contributed by atoms with Crippen LogP contribution in [0.1, 0.15) is 27.8 Å². The SMILES string of the molecule is O=C1N(Cc2cccc(Cn3cncn3)c2)[C@H](Cc2ccccc2)[C@H](O)[C@@H](O)[C@@H](Cc2ccccc2)N1Cc1ccc2[nH]ncc2c1. The smallest absolute Gasteiger partial charge is 0.321 e. The average Bonchev–Trinajstić information content (AvgIpc) is 3.79. The van der Waals surface area contributed by atoms with Gasteiger partial charge in [-0.3, -0.25) is 5.10 Å². The van der Waals surface area contributed by atoms with E-state index in [-0.39, 0.29) is 19.1 Å². The molecule has 10 heteroatoms. The topological polar surface area (TPSA) is 123 Å². The van der Waals surface area contributed by atoms with Crippen LogP contribution in [0.5, 0.6) is 0 Å². The van der Waals surface area contributed by atoms with E-state index in [0.29, 0.717) is 19.4 Å². The van der Waals surface area contributed by atoms with Gasteiger partial charge in [-0.05, 0) is 52.8 Å². The number of aliphatic hydroxyl groups excluding tert-OH is 2. The van der Waals surface area contributed by atoms with E-state index in [1.807, 2.05) is 97.1 Å². The summed E-state index contributed by atoms with van der Waals surface area (Å²) in [4.78, 5) is 22.5. The first-order valence-corrected chi connectivity index (χ1v) is 15.9. The largest absolute Gasteiger partial charge is 0.388 e. The summed E-state index contributed by atoms with van der Waals surface area (Å²) in [7, 11) is 0. The molecule has 0 unspecified atom stereocenters. The normalized spacial score (nSPS) is 20.1. The molecule has 7 rings (SSSR count). The van der Waals surface area contributed by atoms with E-state index in [0.717, 1.165) is 38.7 Å². The van der Waals surface area contributed by atoms with Crippen LogP contribution in [0, 0.1) is 0 Å². The zero-order valence-corrected chi connectivity index (χ0v) is 25.9. The van der Waals surface area contributed by atoms with Crippen LogP contribution in [0.25, 0.3) is 10.9 Å². The third kappa shape index (κ3) is 6.79. The van der Waals surface area contributed by atoms with E-state index in [9.17, 15) is 15.0 Å². The van der Waals surface area contributed by atoms with Gasteiger partial charge in [0.1, 0.15) is 24.9 Å². The molecule has 0 spiro atoms. The van der Waals surface area contributed by atoms with Crippen molar-refractivity contribution in [2.24, 2.45) is 0 Å². The number of nitrogens with zero attached hydrogens (tertiary/aromatic N) is 6. The number of benzene rings is 4. The Bertz CT molecular complexity index is 1910. The maximum absolute atomic E-state index is 15.0. The van der Waals surface area contributed by atoms with Gasteiger partial charge in [-0.15, -0.1) is 0 Å². The van der Waals surface area contributed by atoms with Gasteiger partial charge in [0.05, 0.1) is 30.3 Å². The lowest BCUT2D eigenvalue weighted by molar-refractivity contribution is -0.0408. The maximum atomic E-state index is 15.0. The molecule has 10 nitrogen and oxygen atoms in total. The van der Waals surface area contributed by atoms with Crippen molar-refractivity contribution in [2.45, 2.75) is 56.8 Å².